The lowest BCUT2D eigenvalue weighted by Crippen LogP contribution is -2.40. The van der Waals surface area contributed by atoms with E-state index in [4.69, 9.17) is 0 Å². The van der Waals surface area contributed by atoms with Gasteiger partial charge in [0.25, 0.3) is 5.91 Å². The number of amides is 1. The Balaban J connectivity index is 1.80. The molecule has 0 radical (unpaired) electrons. The van der Waals surface area contributed by atoms with Gasteiger partial charge in [0.2, 0.25) is 10.0 Å². The molecule has 1 amide bonds. The highest BCUT2D eigenvalue weighted by Crippen LogP contribution is 2.21. The van der Waals surface area contributed by atoms with Gasteiger partial charge in [0.05, 0.1) is 22.3 Å². The van der Waals surface area contributed by atoms with Gasteiger partial charge in [0.1, 0.15) is 0 Å². The first-order chi connectivity index (χ1) is 12.2. The minimum Gasteiger partial charge on any atom is -0.320 e. The number of para-hydroxylation sites is 1. The molecule has 3 aromatic rings. The minimum atomic E-state index is -3.64. The Hall–Kier alpha value is -2.71. The number of aromatic nitrogens is 2. The lowest BCUT2D eigenvalue weighted by molar-refractivity contribution is 0.102. The number of H-pyrrole nitrogens is 1. The van der Waals surface area contributed by atoms with Crippen LogP contribution < -0.4 is 10.0 Å². The van der Waals surface area contributed by atoms with Crippen molar-refractivity contribution >= 4 is 32.5 Å². The van der Waals surface area contributed by atoms with Gasteiger partial charge in [0.15, 0.2) is 0 Å². The third-order valence-electron chi connectivity index (χ3n) is 3.59. The van der Waals surface area contributed by atoms with Crippen molar-refractivity contribution in [3.8, 4) is 0 Å². The van der Waals surface area contributed by atoms with E-state index in [0.29, 0.717) is 11.3 Å². The molecule has 0 aliphatic rings. The summed E-state index contributed by atoms with van der Waals surface area (Å²) in [6.45, 7) is 5.30. The van der Waals surface area contributed by atoms with Gasteiger partial charge in [-0.15, -0.1) is 0 Å². The second kappa shape index (κ2) is 6.54. The number of nitrogens with one attached hydrogen (secondary N) is 3. The quantitative estimate of drug-likeness (QED) is 0.655. The maximum absolute atomic E-state index is 12.5. The van der Waals surface area contributed by atoms with Crippen molar-refractivity contribution in [2.24, 2.45) is 0 Å². The first-order valence-electron chi connectivity index (χ1n) is 8.03. The number of nitrogens with zero attached hydrogens (tertiary/aromatic N) is 1. The van der Waals surface area contributed by atoms with Gasteiger partial charge < -0.3 is 5.32 Å². The average Bonchev–Trinajstić information content (AvgIpc) is 3.02. The Morgan fingerprint density at radius 3 is 2.42 bits per heavy atom. The van der Waals surface area contributed by atoms with E-state index < -0.39 is 15.6 Å². The summed E-state index contributed by atoms with van der Waals surface area (Å²) in [6, 6.07) is 11.3. The molecule has 26 heavy (non-hydrogen) atoms. The Kier molecular flexibility index (Phi) is 4.55. The molecule has 3 rings (SSSR count). The zero-order valence-corrected chi connectivity index (χ0v) is 15.5. The molecule has 7 nitrogen and oxygen atoms in total. The predicted octanol–water partition coefficient (Wildman–Crippen LogP) is 2.89. The Morgan fingerprint density at radius 2 is 1.77 bits per heavy atom. The summed E-state index contributed by atoms with van der Waals surface area (Å²) >= 11 is 0. The van der Waals surface area contributed by atoms with Gasteiger partial charge in [-0.1, -0.05) is 12.1 Å². The maximum atomic E-state index is 12.5. The van der Waals surface area contributed by atoms with E-state index >= 15 is 0 Å². The molecule has 0 spiro atoms. The van der Waals surface area contributed by atoms with Gasteiger partial charge >= 0.3 is 0 Å². The van der Waals surface area contributed by atoms with Crippen LogP contribution in [0.4, 0.5) is 5.69 Å². The molecular weight excluding hydrogens is 352 g/mol. The lowest BCUT2D eigenvalue weighted by Gasteiger charge is -2.20. The van der Waals surface area contributed by atoms with Crippen molar-refractivity contribution in [1.82, 2.24) is 14.9 Å². The van der Waals surface area contributed by atoms with Gasteiger partial charge in [-0.05, 0) is 51.1 Å². The average molecular weight is 372 g/mol. The van der Waals surface area contributed by atoms with E-state index in [1.807, 2.05) is 12.1 Å². The number of sulfonamides is 1. The number of fused-ring (bicyclic) bond motifs is 1. The topological polar surface area (TPSA) is 104 Å². The summed E-state index contributed by atoms with van der Waals surface area (Å²) < 4.78 is 27.2. The normalized spacial score (nSPS) is 12.3. The van der Waals surface area contributed by atoms with Crippen LogP contribution in [0.15, 0.2) is 53.6 Å². The van der Waals surface area contributed by atoms with Crippen LogP contribution in [0.1, 0.15) is 31.1 Å². The summed E-state index contributed by atoms with van der Waals surface area (Å²) in [7, 11) is -3.64. The fourth-order valence-corrected chi connectivity index (χ4v) is 3.93. The number of rotatable bonds is 4. The summed E-state index contributed by atoms with van der Waals surface area (Å²) in [5.41, 5.74) is 1.11. The third kappa shape index (κ3) is 3.92. The SMILES string of the molecule is CC(C)(C)NS(=O)(=O)c1ccc(C(=O)Nc2cccc3cn[nH]c23)cc1. The first-order valence-corrected chi connectivity index (χ1v) is 9.51. The number of carbonyl (C=O) groups excluding carboxylic acids is 1. The molecule has 0 saturated heterocycles. The molecule has 0 aliphatic heterocycles. The van der Waals surface area contributed by atoms with Crippen LogP contribution in [-0.2, 0) is 10.0 Å². The van der Waals surface area contributed by atoms with E-state index in [0.717, 1.165) is 10.9 Å². The number of hydrogen-bond acceptors (Lipinski definition) is 4. The van der Waals surface area contributed by atoms with Crippen molar-refractivity contribution in [3.63, 3.8) is 0 Å². The molecule has 0 saturated carbocycles. The van der Waals surface area contributed by atoms with Crippen LogP contribution in [-0.4, -0.2) is 30.1 Å². The van der Waals surface area contributed by atoms with Crippen LogP contribution in [0.3, 0.4) is 0 Å². The van der Waals surface area contributed by atoms with Gasteiger partial charge in [-0.25, -0.2) is 13.1 Å². The van der Waals surface area contributed by atoms with Crippen molar-refractivity contribution in [2.45, 2.75) is 31.2 Å². The second-order valence-corrected chi connectivity index (χ2v) is 8.66. The van der Waals surface area contributed by atoms with Crippen LogP contribution in [0.5, 0.6) is 0 Å². The Morgan fingerprint density at radius 1 is 1.08 bits per heavy atom. The third-order valence-corrected chi connectivity index (χ3v) is 5.37. The molecule has 0 fully saturated rings. The smallest absolute Gasteiger partial charge is 0.255 e. The fourth-order valence-electron chi connectivity index (χ4n) is 2.52. The van der Waals surface area contributed by atoms with Crippen LogP contribution in [0, 0.1) is 0 Å². The summed E-state index contributed by atoms with van der Waals surface area (Å²) in [5.74, 6) is -0.333. The Labute approximate surface area is 151 Å². The van der Waals surface area contributed by atoms with Crippen molar-refractivity contribution in [2.75, 3.05) is 5.32 Å². The van der Waals surface area contributed by atoms with E-state index in [1.165, 1.54) is 24.3 Å². The van der Waals surface area contributed by atoms with Gasteiger partial charge in [-0.3, -0.25) is 9.89 Å². The maximum Gasteiger partial charge on any atom is 0.255 e. The number of benzene rings is 2. The molecule has 0 unspecified atom stereocenters. The summed E-state index contributed by atoms with van der Waals surface area (Å²) in [5, 5.41) is 10.5. The molecule has 1 heterocycles. The van der Waals surface area contributed by atoms with E-state index in [2.05, 4.69) is 20.2 Å². The van der Waals surface area contributed by atoms with Gasteiger partial charge in [-0.2, -0.15) is 5.10 Å². The largest absolute Gasteiger partial charge is 0.320 e. The molecule has 0 atom stereocenters. The molecule has 8 heteroatoms. The number of aromatic amines is 1. The standard InChI is InChI=1S/C18H20N4O3S/c1-18(2,3)22-26(24,25)14-9-7-12(8-10-14)17(23)20-15-6-4-5-13-11-19-21-16(13)15/h4-11,22H,1-3H3,(H,19,21)(H,20,23). The number of hydrogen-bond donors (Lipinski definition) is 3. The van der Waals surface area contributed by atoms with E-state index in [-0.39, 0.29) is 10.8 Å². The highest BCUT2D eigenvalue weighted by Gasteiger charge is 2.22. The predicted molar refractivity (Wildman–Crippen MR) is 101 cm³/mol. The van der Waals surface area contributed by atoms with Crippen molar-refractivity contribution in [3.05, 3.63) is 54.2 Å². The van der Waals surface area contributed by atoms with Crippen molar-refractivity contribution < 1.29 is 13.2 Å². The highest BCUT2D eigenvalue weighted by atomic mass is 32.2. The van der Waals surface area contributed by atoms with Crippen LogP contribution in [0.2, 0.25) is 0 Å². The number of carbonyl (C=O) groups is 1. The fraction of sp³-hybridized carbons (Fsp3) is 0.222. The minimum absolute atomic E-state index is 0.111. The lowest BCUT2D eigenvalue weighted by atomic mass is 10.1. The second-order valence-electron chi connectivity index (χ2n) is 6.97. The van der Waals surface area contributed by atoms with E-state index in [1.54, 1.807) is 33.0 Å². The molecular formula is C18H20N4O3S. The van der Waals surface area contributed by atoms with Crippen LogP contribution in [0.25, 0.3) is 10.9 Å². The molecule has 2 aromatic carbocycles. The van der Waals surface area contributed by atoms with Crippen LogP contribution >= 0.6 is 0 Å². The first kappa shape index (κ1) is 18.1. The monoisotopic (exact) mass is 372 g/mol. The number of anilines is 1. The zero-order valence-electron chi connectivity index (χ0n) is 14.7. The van der Waals surface area contributed by atoms with E-state index in [9.17, 15) is 13.2 Å². The molecule has 1 aromatic heterocycles. The Bertz CT molecular complexity index is 1050. The zero-order chi connectivity index (χ0) is 18.9. The summed E-state index contributed by atoms with van der Waals surface area (Å²) in [6.07, 6.45) is 1.67. The molecule has 3 N–H and O–H groups in total. The highest BCUT2D eigenvalue weighted by molar-refractivity contribution is 7.89. The van der Waals surface area contributed by atoms with Crippen molar-refractivity contribution in [1.29, 1.82) is 0 Å². The molecule has 0 bridgehead atoms. The molecule has 136 valence electrons. The molecule has 0 aliphatic carbocycles. The summed E-state index contributed by atoms with van der Waals surface area (Å²) in [4.78, 5) is 12.6. The van der Waals surface area contributed by atoms with Gasteiger partial charge in [0, 0.05) is 16.5 Å².